The summed E-state index contributed by atoms with van der Waals surface area (Å²) < 4.78 is 0. The maximum Gasteiger partial charge on any atom is 0.225 e. The van der Waals surface area contributed by atoms with E-state index in [4.69, 9.17) is 0 Å². The number of thiophene rings is 1. The Morgan fingerprint density at radius 2 is 2.50 bits per heavy atom. The minimum absolute atomic E-state index is 0.0123. The maximum absolute atomic E-state index is 11.5. The van der Waals surface area contributed by atoms with Crippen molar-refractivity contribution in [2.24, 2.45) is 0 Å². The number of rotatable bonds is 2. The van der Waals surface area contributed by atoms with Crippen molar-refractivity contribution in [2.75, 3.05) is 6.26 Å². The summed E-state index contributed by atoms with van der Waals surface area (Å²) in [7, 11) is 0. The van der Waals surface area contributed by atoms with Crippen molar-refractivity contribution in [1.82, 2.24) is 5.32 Å². The molecule has 1 atom stereocenters. The molecule has 3 nitrogen and oxygen atoms in total. The fourth-order valence-corrected chi connectivity index (χ4v) is 3.17. The average Bonchev–Trinajstić information content (AvgIpc) is 2.81. The van der Waals surface area contributed by atoms with Gasteiger partial charge in [0.05, 0.1) is 16.7 Å². The van der Waals surface area contributed by atoms with Gasteiger partial charge in [-0.2, -0.15) is 5.26 Å². The quantitative estimate of drug-likeness (QED) is 0.877. The van der Waals surface area contributed by atoms with Crippen LogP contribution in [0.2, 0.25) is 0 Å². The molecule has 1 aromatic rings. The van der Waals surface area contributed by atoms with Gasteiger partial charge in [0.1, 0.15) is 0 Å². The van der Waals surface area contributed by atoms with Crippen molar-refractivity contribution in [2.45, 2.75) is 12.3 Å². The van der Waals surface area contributed by atoms with Gasteiger partial charge in [0.25, 0.3) is 0 Å². The number of nitrogens with zero attached hydrogens (tertiary/aromatic N) is 1. The van der Waals surface area contributed by atoms with Crippen LogP contribution in [-0.2, 0) is 4.79 Å². The van der Waals surface area contributed by atoms with Crippen molar-refractivity contribution in [3.8, 4) is 6.07 Å². The molecule has 1 amide bonds. The van der Waals surface area contributed by atoms with E-state index in [0.717, 1.165) is 4.88 Å². The molecule has 0 saturated carbocycles. The molecule has 1 aliphatic rings. The highest BCUT2D eigenvalue weighted by molar-refractivity contribution is 8.02. The highest BCUT2D eigenvalue weighted by atomic mass is 32.2. The van der Waals surface area contributed by atoms with Crippen molar-refractivity contribution in [3.05, 3.63) is 33.0 Å². The van der Waals surface area contributed by atoms with Crippen LogP contribution in [0.4, 0.5) is 0 Å². The monoisotopic (exact) mass is 250 g/mol. The van der Waals surface area contributed by atoms with Crippen LogP contribution >= 0.6 is 23.1 Å². The SMILES string of the molecule is CSC1=C(C#N)[C@H](c2cccs2)CC(=O)N1. The summed E-state index contributed by atoms with van der Waals surface area (Å²) in [6, 6.07) is 6.13. The number of carbonyl (C=O) groups is 1. The van der Waals surface area contributed by atoms with Crippen molar-refractivity contribution < 1.29 is 4.79 Å². The van der Waals surface area contributed by atoms with E-state index in [0.29, 0.717) is 17.0 Å². The molecule has 16 heavy (non-hydrogen) atoms. The van der Waals surface area contributed by atoms with E-state index in [2.05, 4.69) is 11.4 Å². The number of carbonyl (C=O) groups excluding carboxylic acids is 1. The average molecular weight is 250 g/mol. The summed E-state index contributed by atoms with van der Waals surface area (Å²) in [5, 5.41) is 14.6. The molecule has 0 aromatic carbocycles. The Balaban J connectivity index is 2.44. The molecule has 0 saturated heterocycles. The van der Waals surface area contributed by atoms with E-state index < -0.39 is 0 Å². The largest absolute Gasteiger partial charge is 0.320 e. The van der Waals surface area contributed by atoms with Gasteiger partial charge >= 0.3 is 0 Å². The summed E-state index contributed by atoms with van der Waals surface area (Å²) in [4.78, 5) is 12.6. The van der Waals surface area contributed by atoms with Crippen molar-refractivity contribution in [3.63, 3.8) is 0 Å². The molecule has 2 heterocycles. The fraction of sp³-hybridized carbons (Fsp3) is 0.273. The zero-order chi connectivity index (χ0) is 11.5. The maximum atomic E-state index is 11.5. The fourth-order valence-electron chi connectivity index (χ4n) is 1.71. The van der Waals surface area contributed by atoms with Crippen LogP contribution in [0.15, 0.2) is 28.1 Å². The van der Waals surface area contributed by atoms with Crippen LogP contribution in [0.3, 0.4) is 0 Å². The summed E-state index contributed by atoms with van der Waals surface area (Å²) in [5.74, 6) is -0.0806. The van der Waals surface area contributed by atoms with Gasteiger partial charge in [0, 0.05) is 17.2 Å². The molecule has 2 rings (SSSR count). The normalized spacial score (nSPS) is 20.5. The molecule has 0 spiro atoms. The van der Waals surface area contributed by atoms with E-state index in [9.17, 15) is 10.1 Å². The van der Waals surface area contributed by atoms with Gasteiger partial charge in [0.15, 0.2) is 0 Å². The Kier molecular flexibility index (Phi) is 3.32. The number of hydrogen-bond acceptors (Lipinski definition) is 4. The highest BCUT2D eigenvalue weighted by Gasteiger charge is 2.29. The molecular weight excluding hydrogens is 240 g/mol. The van der Waals surface area contributed by atoms with Gasteiger partial charge in [-0.25, -0.2) is 0 Å². The molecule has 1 N–H and O–H groups in total. The molecule has 0 aliphatic carbocycles. The lowest BCUT2D eigenvalue weighted by molar-refractivity contribution is -0.120. The van der Waals surface area contributed by atoms with E-state index in [-0.39, 0.29) is 11.8 Å². The number of hydrogen-bond donors (Lipinski definition) is 1. The van der Waals surface area contributed by atoms with Crippen LogP contribution in [0.5, 0.6) is 0 Å². The Hall–Kier alpha value is -1.25. The van der Waals surface area contributed by atoms with Crippen molar-refractivity contribution >= 4 is 29.0 Å². The topological polar surface area (TPSA) is 52.9 Å². The Morgan fingerprint density at radius 1 is 1.69 bits per heavy atom. The first-order valence-electron chi connectivity index (χ1n) is 4.77. The van der Waals surface area contributed by atoms with Gasteiger partial charge in [-0.1, -0.05) is 6.07 Å². The van der Waals surface area contributed by atoms with Gasteiger partial charge in [-0.05, 0) is 17.7 Å². The summed E-state index contributed by atoms with van der Waals surface area (Å²) in [6.07, 6.45) is 2.23. The third-order valence-corrected chi connectivity index (χ3v) is 4.16. The minimum atomic E-state index is -0.0683. The van der Waals surface area contributed by atoms with E-state index in [1.165, 1.54) is 11.8 Å². The standard InChI is InChI=1S/C11H10N2OS2/c1-15-11-8(6-12)7(5-10(14)13-11)9-3-2-4-16-9/h2-4,7H,5H2,1H3,(H,13,14)/t7-/m1/s1. The van der Waals surface area contributed by atoms with Crippen LogP contribution in [0.25, 0.3) is 0 Å². The summed E-state index contributed by atoms with van der Waals surface area (Å²) in [5.41, 5.74) is 0.676. The predicted octanol–water partition coefficient (Wildman–Crippen LogP) is 2.45. The number of amides is 1. The third-order valence-electron chi connectivity index (χ3n) is 2.45. The molecule has 0 radical (unpaired) electrons. The highest BCUT2D eigenvalue weighted by Crippen LogP contribution is 2.36. The third kappa shape index (κ3) is 1.99. The Morgan fingerprint density at radius 3 is 3.06 bits per heavy atom. The molecule has 1 aromatic heterocycles. The minimum Gasteiger partial charge on any atom is -0.320 e. The predicted molar refractivity (Wildman–Crippen MR) is 66.0 cm³/mol. The number of thioether (sulfide) groups is 1. The Labute approximate surface area is 102 Å². The lowest BCUT2D eigenvalue weighted by atomic mass is 9.93. The molecule has 1 aliphatic heterocycles. The molecule has 5 heteroatoms. The lowest BCUT2D eigenvalue weighted by Crippen LogP contribution is -2.30. The van der Waals surface area contributed by atoms with E-state index in [1.807, 2.05) is 23.8 Å². The first kappa shape index (κ1) is 11.2. The number of allylic oxidation sites excluding steroid dienone is 1. The number of nitrogens with one attached hydrogen (secondary N) is 1. The molecule has 0 bridgehead atoms. The van der Waals surface area contributed by atoms with Crippen LogP contribution in [-0.4, -0.2) is 12.2 Å². The second-order valence-corrected chi connectivity index (χ2v) is 5.17. The zero-order valence-electron chi connectivity index (χ0n) is 8.69. The summed E-state index contributed by atoms with van der Waals surface area (Å²) in [6.45, 7) is 0. The van der Waals surface area contributed by atoms with Crippen LogP contribution < -0.4 is 5.32 Å². The molecular formula is C11H10N2OS2. The van der Waals surface area contributed by atoms with Gasteiger partial charge < -0.3 is 5.32 Å². The van der Waals surface area contributed by atoms with E-state index in [1.54, 1.807) is 11.3 Å². The summed E-state index contributed by atoms with van der Waals surface area (Å²) >= 11 is 3.00. The van der Waals surface area contributed by atoms with Gasteiger partial charge in [-0.3, -0.25) is 4.79 Å². The van der Waals surface area contributed by atoms with Crippen molar-refractivity contribution in [1.29, 1.82) is 5.26 Å². The molecule has 0 fully saturated rings. The molecule has 0 unspecified atom stereocenters. The second-order valence-electron chi connectivity index (χ2n) is 3.38. The number of nitriles is 1. The lowest BCUT2D eigenvalue weighted by Gasteiger charge is -2.23. The van der Waals surface area contributed by atoms with E-state index >= 15 is 0 Å². The second kappa shape index (κ2) is 4.73. The van der Waals surface area contributed by atoms with Crippen LogP contribution in [0.1, 0.15) is 17.2 Å². The van der Waals surface area contributed by atoms with Gasteiger partial charge in [-0.15, -0.1) is 23.1 Å². The first-order chi connectivity index (χ1) is 7.76. The molecule has 82 valence electrons. The first-order valence-corrected chi connectivity index (χ1v) is 6.88. The van der Waals surface area contributed by atoms with Gasteiger partial charge in [0.2, 0.25) is 5.91 Å². The smallest absolute Gasteiger partial charge is 0.225 e. The zero-order valence-corrected chi connectivity index (χ0v) is 10.3. The van der Waals surface area contributed by atoms with Crippen LogP contribution in [0, 0.1) is 11.3 Å². The Bertz CT molecular complexity index is 471.